The Hall–Kier alpha value is -3.26. The first kappa shape index (κ1) is 21.3. The number of aryl methyl sites for hydroxylation is 1. The van der Waals surface area contributed by atoms with Crippen molar-refractivity contribution in [3.05, 3.63) is 42.1 Å². The van der Waals surface area contributed by atoms with Crippen molar-refractivity contribution in [2.75, 3.05) is 30.4 Å². The number of aromatic nitrogens is 5. The van der Waals surface area contributed by atoms with E-state index < -0.39 is 0 Å². The van der Waals surface area contributed by atoms with Gasteiger partial charge in [0.2, 0.25) is 0 Å². The van der Waals surface area contributed by atoms with E-state index in [4.69, 9.17) is 24.8 Å². The quantitative estimate of drug-likeness (QED) is 0.468. The van der Waals surface area contributed by atoms with Crippen LogP contribution in [-0.2, 0) is 4.74 Å². The molecule has 34 heavy (non-hydrogen) atoms. The number of ether oxygens (including phenoxy) is 1. The summed E-state index contributed by atoms with van der Waals surface area (Å²) in [6.45, 7) is 4.10. The Kier molecular flexibility index (Phi) is 5.53. The van der Waals surface area contributed by atoms with Crippen LogP contribution in [0.25, 0.3) is 28.1 Å². The summed E-state index contributed by atoms with van der Waals surface area (Å²) in [6, 6.07) is 12.6. The van der Waals surface area contributed by atoms with Crippen molar-refractivity contribution >= 4 is 28.3 Å². The Bertz CT molecular complexity index is 1320. The Morgan fingerprint density at radius 2 is 1.68 bits per heavy atom. The van der Waals surface area contributed by atoms with Crippen molar-refractivity contribution in [3.63, 3.8) is 0 Å². The van der Waals surface area contributed by atoms with Crippen LogP contribution in [0.3, 0.4) is 0 Å². The molecule has 6 rings (SSSR count). The largest absolute Gasteiger partial charge is 0.381 e. The van der Waals surface area contributed by atoms with E-state index >= 15 is 0 Å². The summed E-state index contributed by atoms with van der Waals surface area (Å²) in [5.41, 5.74) is 5.08. The first-order valence-electron chi connectivity index (χ1n) is 12.4. The highest BCUT2D eigenvalue weighted by Crippen LogP contribution is 2.30. The zero-order chi connectivity index (χ0) is 23.1. The number of methoxy groups -OCH3 is 1. The lowest BCUT2D eigenvalue weighted by Crippen LogP contribution is -2.30. The third-order valence-corrected chi connectivity index (χ3v) is 7.19. The molecule has 1 saturated heterocycles. The summed E-state index contributed by atoms with van der Waals surface area (Å²) in [6.07, 6.45) is 7.14. The van der Waals surface area contributed by atoms with Crippen LogP contribution in [-0.4, -0.2) is 56.9 Å². The number of fused-ring (bicyclic) bond motifs is 2. The minimum Gasteiger partial charge on any atom is -0.381 e. The summed E-state index contributed by atoms with van der Waals surface area (Å²) in [5.74, 6) is 2.01. The number of nitrogens with zero attached hydrogens (tertiary/aromatic N) is 6. The van der Waals surface area contributed by atoms with Gasteiger partial charge in [0, 0.05) is 38.4 Å². The molecule has 0 bridgehead atoms. The van der Waals surface area contributed by atoms with E-state index in [9.17, 15) is 0 Å². The molecule has 2 aliphatic rings. The van der Waals surface area contributed by atoms with Gasteiger partial charge in [0.1, 0.15) is 23.0 Å². The number of para-hydroxylation sites is 2. The molecule has 1 aliphatic heterocycles. The van der Waals surface area contributed by atoms with Gasteiger partial charge in [0.15, 0.2) is 5.65 Å². The first-order valence-corrected chi connectivity index (χ1v) is 12.4. The average Bonchev–Trinajstić information content (AvgIpc) is 3.54. The predicted octanol–water partition coefficient (Wildman–Crippen LogP) is 4.62. The van der Waals surface area contributed by atoms with Gasteiger partial charge in [-0.25, -0.2) is 15.0 Å². The van der Waals surface area contributed by atoms with Crippen LogP contribution >= 0.6 is 0 Å². The van der Waals surface area contributed by atoms with Crippen molar-refractivity contribution in [3.8, 4) is 11.4 Å². The molecule has 2 fully saturated rings. The molecule has 8 heteroatoms. The molecular formula is C26H31N7O. The maximum atomic E-state index is 5.57. The van der Waals surface area contributed by atoms with Gasteiger partial charge in [0.25, 0.3) is 0 Å². The molecular weight excluding hydrogens is 426 g/mol. The van der Waals surface area contributed by atoms with E-state index in [0.717, 1.165) is 84.2 Å². The van der Waals surface area contributed by atoms with Crippen molar-refractivity contribution in [2.45, 2.75) is 57.6 Å². The SMILES string of the molecule is CO[C@H]1CC[C@@H](Nc2cc(N3CCCC3)nc3cc(-c4nc5ccccc5nc4C)nn23)CC1. The number of anilines is 2. The van der Waals surface area contributed by atoms with Crippen LogP contribution in [0.4, 0.5) is 11.6 Å². The second kappa shape index (κ2) is 8.83. The van der Waals surface area contributed by atoms with Gasteiger partial charge in [-0.05, 0) is 57.6 Å². The molecule has 4 aromatic rings. The Morgan fingerprint density at radius 1 is 0.941 bits per heavy atom. The fourth-order valence-electron chi connectivity index (χ4n) is 5.27. The van der Waals surface area contributed by atoms with E-state index in [-0.39, 0.29) is 0 Å². The molecule has 0 radical (unpaired) electrons. The van der Waals surface area contributed by atoms with Gasteiger partial charge in [0.05, 0.1) is 22.8 Å². The van der Waals surface area contributed by atoms with Crippen LogP contribution < -0.4 is 10.2 Å². The number of rotatable bonds is 5. The maximum Gasteiger partial charge on any atom is 0.160 e. The number of benzene rings is 1. The third kappa shape index (κ3) is 3.96. The minimum atomic E-state index is 0.376. The maximum absolute atomic E-state index is 5.57. The van der Waals surface area contributed by atoms with E-state index in [1.807, 2.05) is 48.9 Å². The second-order valence-electron chi connectivity index (χ2n) is 9.49. The summed E-state index contributed by atoms with van der Waals surface area (Å²) < 4.78 is 7.50. The predicted molar refractivity (Wildman–Crippen MR) is 134 cm³/mol. The highest BCUT2D eigenvalue weighted by atomic mass is 16.5. The van der Waals surface area contributed by atoms with Gasteiger partial charge < -0.3 is 15.0 Å². The molecule has 3 aromatic heterocycles. The van der Waals surface area contributed by atoms with Crippen molar-refractivity contribution < 1.29 is 4.74 Å². The molecule has 8 nitrogen and oxygen atoms in total. The highest BCUT2D eigenvalue weighted by Gasteiger charge is 2.24. The monoisotopic (exact) mass is 457 g/mol. The molecule has 0 unspecified atom stereocenters. The van der Waals surface area contributed by atoms with Crippen LogP contribution in [0.5, 0.6) is 0 Å². The third-order valence-electron chi connectivity index (χ3n) is 7.19. The van der Waals surface area contributed by atoms with Gasteiger partial charge in [-0.1, -0.05) is 12.1 Å². The minimum absolute atomic E-state index is 0.376. The molecule has 1 aromatic carbocycles. The standard InChI is InChI=1S/C26H31N7O/c1-17-26(29-21-8-4-3-7-20(21)27-17)22-15-24-30-23(32-13-5-6-14-32)16-25(33(24)31-22)28-18-9-11-19(34-2)12-10-18/h3-4,7-8,15-16,18-19,28H,5-6,9-14H2,1-2H3/t18-,19+. The second-order valence-corrected chi connectivity index (χ2v) is 9.49. The lowest BCUT2D eigenvalue weighted by atomic mass is 9.93. The van der Waals surface area contributed by atoms with E-state index in [2.05, 4.69) is 16.3 Å². The van der Waals surface area contributed by atoms with Gasteiger partial charge in [-0.3, -0.25) is 0 Å². The van der Waals surface area contributed by atoms with Crippen molar-refractivity contribution in [1.29, 1.82) is 0 Å². The summed E-state index contributed by atoms with van der Waals surface area (Å²) in [5, 5.41) is 8.74. The summed E-state index contributed by atoms with van der Waals surface area (Å²) in [4.78, 5) is 17.0. The molecule has 176 valence electrons. The summed E-state index contributed by atoms with van der Waals surface area (Å²) in [7, 11) is 1.82. The number of nitrogens with one attached hydrogen (secondary N) is 1. The molecule has 4 heterocycles. The normalized spacial score (nSPS) is 20.9. The summed E-state index contributed by atoms with van der Waals surface area (Å²) >= 11 is 0. The zero-order valence-electron chi connectivity index (χ0n) is 19.9. The molecule has 1 saturated carbocycles. The number of hydrogen-bond acceptors (Lipinski definition) is 7. The fourth-order valence-corrected chi connectivity index (χ4v) is 5.27. The molecule has 0 spiro atoms. The molecule has 0 amide bonds. The van der Waals surface area contributed by atoms with Crippen LogP contribution in [0.15, 0.2) is 36.4 Å². The van der Waals surface area contributed by atoms with Gasteiger partial charge >= 0.3 is 0 Å². The van der Waals surface area contributed by atoms with Crippen LogP contribution in [0.1, 0.15) is 44.2 Å². The first-order chi connectivity index (χ1) is 16.7. The highest BCUT2D eigenvalue weighted by molar-refractivity contribution is 5.78. The van der Waals surface area contributed by atoms with Crippen molar-refractivity contribution in [1.82, 2.24) is 24.6 Å². The zero-order valence-corrected chi connectivity index (χ0v) is 19.9. The van der Waals surface area contributed by atoms with Gasteiger partial charge in [-0.2, -0.15) is 9.61 Å². The lowest BCUT2D eigenvalue weighted by molar-refractivity contribution is 0.0681. The van der Waals surface area contributed by atoms with E-state index in [1.54, 1.807) is 0 Å². The van der Waals surface area contributed by atoms with Crippen LogP contribution in [0, 0.1) is 6.92 Å². The topological polar surface area (TPSA) is 80.5 Å². The molecule has 1 aliphatic carbocycles. The smallest absolute Gasteiger partial charge is 0.160 e. The van der Waals surface area contributed by atoms with Crippen molar-refractivity contribution in [2.24, 2.45) is 0 Å². The Labute approximate surface area is 199 Å². The van der Waals surface area contributed by atoms with Gasteiger partial charge in [-0.15, -0.1) is 0 Å². The van der Waals surface area contributed by atoms with Crippen LogP contribution in [0.2, 0.25) is 0 Å². The Balaban J connectivity index is 1.41. The molecule has 1 N–H and O–H groups in total. The van der Waals surface area contributed by atoms with E-state index in [0.29, 0.717) is 12.1 Å². The fraction of sp³-hybridized carbons (Fsp3) is 0.462. The van der Waals surface area contributed by atoms with E-state index in [1.165, 1.54) is 12.8 Å². The Morgan fingerprint density at radius 3 is 2.41 bits per heavy atom. The number of hydrogen-bond donors (Lipinski definition) is 1. The lowest BCUT2D eigenvalue weighted by Gasteiger charge is -2.29. The average molecular weight is 458 g/mol. The molecule has 0 atom stereocenters.